The van der Waals surface area contributed by atoms with E-state index in [1.807, 2.05) is 0 Å². The maximum atomic E-state index is 12.3. The van der Waals surface area contributed by atoms with Crippen LogP contribution in [-0.4, -0.2) is 41.3 Å². The Balaban J connectivity index is 2.20. The fourth-order valence-electron chi connectivity index (χ4n) is 2.22. The first-order chi connectivity index (χ1) is 11.8. The predicted octanol–water partition coefficient (Wildman–Crippen LogP) is 2.11. The fraction of sp³-hybridized carbons (Fsp3) is 0.235. The van der Waals surface area contributed by atoms with Crippen LogP contribution < -0.4 is 19.1 Å². The minimum Gasteiger partial charge on any atom is -0.497 e. The summed E-state index contributed by atoms with van der Waals surface area (Å²) in [6, 6.07) is 13.3. The standard InChI is InChI=1S/C17H20N2O5S/c1-23-14-10-8-13(9-11-14)19(25(3,21)22)12-17(20)18-15-6-4-5-7-16(15)24-2/h4-11H,12H2,1-3H3,(H,18,20). The number of hydrogen-bond donors (Lipinski definition) is 1. The Morgan fingerprint density at radius 3 is 2.24 bits per heavy atom. The van der Waals surface area contributed by atoms with E-state index >= 15 is 0 Å². The van der Waals surface area contributed by atoms with Crippen molar-refractivity contribution in [1.29, 1.82) is 0 Å². The van der Waals surface area contributed by atoms with Crippen LogP contribution in [0.25, 0.3) is 0 Å². The summed E-state index contributed by atoms with van der Waals surface area (Å²) < 4.78 is 35.4. The van der Waals surface area contributed by atoms with Crippen LogP contribution in [0, 0.1) is 0 Å². The molecule has 0 heterocycles. The summed E-state index contributed by atoms with van der Waals surface area (Å²) in [5, 5.41) is 2.66. The molecule has 2 aromatic rings. The average molecular weight is 364 g/mol. The van der Waals surface area contributed by atoms with Crippen molar-refractivity contribution >= 4 is 27.3 Å². The Kier molecular flexibility index (Phi) is 5.87. The Morgan fingerprint density at radius 2 is 1.68 bits per heavy atom. The van der Waals surface area contributed by atoms with Crippen LogP contribution in [0.1, 0.15) is 0 Å². The SMILES string of the molecule is COc1ccc(N(CC(=O)Nc2ccccc2OC)S(C)(=O)=O)cc1. The molecule has 1 amide bonds. The van der Waals surface area contributed by atoms with Crippen molar-refractivity contribution in [2.45, 2.75) is 0 Å². The third-order valence-electron chi connectivity index (χ3n) is 3.43. The average Bonchev–Trinajstić information content (AvgIpc) is 2.59. The minimum atomic E-state index is -3.64. The van der Waals surface area contributed by atoms with E-state index in [1.165, 1.54) is 14.2 Å². The molecule has 0 aliphatic carbocycles. The third-order valence-corrected chi connectivity index (χ3v) is 4.57. The summed E-state index contributed by atoms with van der Waals surface area (Å²) in [5.74, 6) is 0.604. The number of hydrogen-bond acceptors (Lipinski definition) is 5. The van der Waals surface area contributed by atoms with Crippen molar-refractivity contribution in [2.24, 2.45) is 0 Å². The van der Waals surface area contributed by atoms with Gasteiger partial charge in [-0.3, -0.25) is 9.10 Å². The highest BCUT2D eigenvalue weighted by molar-refractivity contribution is 7.92. The number of ether oxygens (including phenoxy) is 2. The fourth-order valence-corrected chi connectivity index (χ4v) is 3.07. The van der Waals surface area contributed by atoms with Crippen molar-refractivity contribution in [1.82, 2.24) is 0 Å². The molecule has 0 atom stereocenters. The van der Waals surface area contributed by atoms with Gasteiger partial charge in [-0.05, 0) is 36.4 Å². The topological polar surface area (TPSA) is 84.9 Å². The van der Waals surface area contributed by atoms with Gasteiger partial charge in [0.1, 0.15) is 18.0 Å². The largest absolute Gasteiger partial charge is 0.497 e. The van der Waals surface area contributed by atoms with Crippen molar-refractivity contribution < 1.29 is 22.7 Å². The van der Waals surface area contributed by atoms with Crippen LogP contribution in [0.5, 0.6) is 11.5 Å². The molecule has 0 unspecified atom stereocenters. The highest BCUT2D eigenvalue weighted by Gasteiger charge is 2.21. The quantitative estimate of drug-likeness (QED) is 0.813. The molecule has 7 nitrogen and oxygen atoms in total. The molecule has 0 saturated heterocycles. The van der Waals surface area contributed by atoms with Gasteiger partial charge in [-0.2, -0.15) is 0 Å². The zero-order chi connectivity index (χ0) is 18.4. The molecule has 8 heteroatoms. The number of amides is 1. The molecule has 25 heavy (non-hydrogen) atoms. The molecule has 2 aromatic carbocycles. The van der Waals surface area contributed by atoms with Crippen molar-refractivity contribution in [3.8, 4) is 11.5 Å². The van der Waals surface area contributed by atoms with E-state index < -0.39 is 15.9 Å². The highest BCUT2D eigenvalue weighted by atomic mass is 32.2. The number of nitrogens with one attached hydrogen (secondary N) is 1. The van der Waals surface area contributed by atoms with E-state index in [-0.39, 0.29) is 6.54 Å². The molecule has 0 aromatic heterocycles. The monoisotopic (exact) mass is 364 g/mol. The minimum absolute atomic E-state index is 0.358. The second-order valence-corrected chi connectivity index (χ2v) is 7.12. The van der Waals surface area contributed by atoms with Gasteiger partial charge >= 0.3 is 0 Å². The molecule has 0 aliphatic heterocycles. The molecule has 1 N–H and O–H groups in total. The Morgan fingerprint density at radius 1 is 1.04 bits per heavy atom. The Bertz CT molecular complexity index is 834. The Hall–Kier alpha value is -2.74. The maximum Gasteiger partial charge on any atom is 0.245 e. The predicted molar refractivity (Wildman–Crippen MR) is 96.8 cm³/mol. The van der Waals surface area contributed by atoms with Crippen LogP contribution in [0.4, 0.5) is 11.4 Å². The summed E-state index contributed by atoms with van der Waals surface area (Å²) in [7, 11) is -0.631. The van der Waals surface area contributed by atoms with Gasteiger partial charge < -0.3 is 14.8 Å². The first-order valence-electron chi connectivity index (χ1n) is 7.40. The zero-order valence-electron chi connectivity index (χ0n) is 14.2. The summed E-state index contributed by atoms with van der Waals surface area (Å²) in [6.07, 6.45) is 1.05. The van der Waals surface area contributed by atoms with Gasteiger partial charge in [0.2, 0.25) is 15.9 Å². The van der Waals surface area contributed by atoms with Crippen LogP contribution >= 0.6 is 0 Å². The summed E-state index contributed by atoms with van der Waals surface area (Å²) >= 11 is 0. The number of sulfonamides is 1. The molecule has 0 spiro atoms. The smallest absolute Gasteiger partial charge is 0.245 e. The molecular formula is C17H20N2O5S. The van der Waals surface area contributed by atoms with Crippen molar-refractivity contribution in [3.05, 3.63) is 48.5 Å². The first-order valence-corrected chi connectivity index (χ1v) is 9.24. The van der Waals surface area contributed by atoms with E-state index in [2.05, 4.69) is 5.32 Å². The maximum absolute atomic E-state index is 12.3. The van der Waals surface area contributed by atoms with Gasteiger partial charge in [0.15, 0.2) is 0 Å². The number of rotatable bonds is 7. The summed E-state index contributed by atoms with van der Waals surface area (Å²) in [6.45, 7) is -0.358. The van der Waals surface area contributed by atoms with E-state index in [4.69, 9.17) is 9.47 Å². The molecule has 2 rings (SSSR count). The molecular weight excluding hydrogens is 344 g/mol. The lowest BCUT2D eigenvalue weighted by atomic mass is 10.3. The number of carbonyl (C=O) groups excluding carboxylic acids is 1. The lowest BCUT2D eigenvalue weighted by molar-refractivity contribution is -0.114. The van der Waals surface area contributed by atoms with Gasteiger partial charge in [-0.15, -0.1) is 0 Å². The molecule has 0 aliphatic rings. The Labute approximate surface area is 147 Å². The van der Waals surface area contributed by atoms with Gasteiger partial charge in [-0.25, -0.2) is 8.42 Å². The van der Waals surface area contributed by atoms with E-state index in [9.17, 15) is 13.2 Å². The van der Waals surface area contributed by atoms with Crippen LogP contribution in [0.15, 0.2) is 48.5 Å². The van der Waals surface area contributed by atoms with Gasteiger partial charge in [0.25, 0.3) is 0 Å². The van der Waals surface area contributed by atoms with E-state index in [1.54, 1.807) is 48.5 Å². The lowest BCUT2D eigenvalue weighted by Crippen LogP contribution is -2.37. The van der Waals surface area contributed by atoms with E-state index in [0.29, 0.717) is 22.9 Å². The number of anilines is 2. The second-order valence-electron chi connectivity index (χ2n) is 5.22. The van der Waals surface area contributed by atoms with Crippen molar-refractivity contribution in [2.75, 3.05) is 36.6 Å². The van der Waals surface area contributed by atoms with Gasteiger partial charge in [-0.1, -0.05) is 12.1 Å². The molecule has 0 fully saturated rings. The number of benzene rings is 2. The number of methoxy groups -OCH3 is 2. The third kappa shape index (κ3) is 4.87. The van der Waals surface area contributed by atoms with Gasteiger partial charge in [0.05, 0.1) is 31.9 Å². The summed E-state index contributed by atoms with van der Waals surface area (Å²) in [4.78, 5) is 12.3. The number of carbonyl (C=O) groups is 1. The van der Waals surface area contributed by atoms with Crippen LogP contribution in [0.2, 0.25) is 0 Å². The van der Waals surface area contributed by atoms with Gasteiger partial charge in [0, 0.05) is 0 Å². The lowest BCUT2D eigenvalue weighted by Gasteiger charge is -2.22. The molecule has 0 radical (unpaired) electrons. The molecule has 0 bridgehead atoms. The van der Waals surface area contributed by atoms with Crippen LogP contribution in [-0.2, 0) is 14.8 Å². The second kappa shape index (κ2) is 7.89. The number of nitrogens with zero attached hydrogens (tertiary/aromatic N) is 1. The summed E-state index contributed by atoms with van der Waals surface area (Å²) in [5.41, 5.74) is 0.844. The van der Waals surface area contributed by atoms with E-state index in [0.717, 1.165) is 10.6 Å². The highest BCUT2D eigenvalue weighted by Crippen LogP contribution is 2.24. The zero-order valence-corrected chi connectivity index (χ0v) is 15.0. The first kappa shape index (κ1) is 18.6. The van der Waals surface area contributed by atoms with Crippen molar-refractivity contribution in [3.63, 3.8) is 0 Å². The number of para-hydroxylation sites is 2. The normalized spacial score (nSPS) is 10.8. The van der Waals surface area contributed by atoms with Crippen LogP contribution in [0.3, 0.4) is 0 Å². The molecule has 0 saturated carbocycles. The molecule has 134 valence electrons.